The number of para-hydroxylation sites is 1. The Hall–Kier alpha value is -4.10. The topological polar surface area (TPSA) is 4.93 Å². The summed E-state index contributed by atoms with van der Waals surface area (Å²) in [5, 5.41) is 2.76. The second kappa shape index (κ2) is 5.87. The molecule has 1 aromatic heterocycles. The molecule has 34 heavy (non-hydrogen) atoms. The van der Waals surface area contributed by atoms with E-state index >= 15 is 0 Å². The van der Waals surface area contributed by atoms with E-state index in [4.69, 9.17) is 0 Å². The molecule has 0 N–H and O–H groups in total. The normalized spacial score (nSPS) is 14.1. The summed E-state index contributed by atoms with van der Waals surface area (Å²) in [6.45, 7) is 0. The molecule has 2 heterocycles. The van der Waals surface area contributed by atoms with Crippen molar-refractivity contribution in [1.82, 2.24) is 4.57 Å². The molecule has 1 heteroatoms. The van der Waals surface area contributed by atoms with Crippen LogP contribution in [0, 0.1) is 0 Å². The number of fused-ring (bicyclic) bond motifs is 13. The van der Waals surface area contributed by atoms with Gasteiger partial charge in [-0.05, 0) is 69.0 Å². The lowest BCUT2D eigenvalue weighted by Crippen LogP contribution is -2.10. The molecule has 0 saturated carbocycles. The van der Waals surface area contributed by atoms with Crippen LogP contribution in [-0.4, -0.2) is 4.57 Å². The van der Waals surface area contributed by atoms with Gasteiger partial charge < -0.3 is 4.57 Å². The van der Waals surface area contributed by atoms with E-state index in [1.165, 1.54) is 83.1 Å². The second-order valence-electron chi connectivity index (χ2n) is 10.1. The first-order valence-electron chi connectivity index (χ1n) is 12.3. The molecule has 0 spiro atoms. The predicted molar refractivity (Wildman–Crippen MR) is 140 cm³/mol. The highest BCUT2D eigenvalue weighted by Crippen LogP contribution is 2.49. The highest BCUT2D eigenvalue weighted by Gasteiger charge is 2.31. The molecule has 6 aromatic rings. The Balaban J connectivity index is 1.45. The number of hydrogen-bond acceptors (Lipinski definition) is 0. The van der Waals surface area contributed by atoms with Gasteiger partial charge in [0.15, 0.2) is 0 Å². The van der Waals surface area contributed by atoms with Crippen molar-refractivity contribution in [2.24, 2.45) is 0 Å². The molecular weight excluding hydrogens is 410 g/mol. The summed E-state index contributed by atoms with van der Waals surface area (Å²) >= 11 is 0. The van der Waals surface area contributed by atoms with Crippen molar-refractivity contribution in [2.45, 2.75) is 19.3 Å². The SMILES string of the molecule is c1ccc2c(c1)Cc1c-2ccc2c1Cc1cccc3c4ccc5c(c4n-2c13)-c1ccccc1C5. The van der Waals surface area contributed by atoms with Gasteiger partial charge in [0, 0.05) is 22.8 Å². The van der Waals surface area contributed by atoms with Gasteiger partial charge in [0.1, 0.15) is 0 Å². The van der Waals surface area contributed by atoms with Gasteiger partial charge in [0.25, 0.3) is 0 Å². The minimum atomic E-state index is 1.01. The molecule has 0 unspecified atom stereocenters. The number of rotatable bonds is 0. The third kappa shape index (κ3) is 1.94. The summed E-state index contributed by atoms with van der Waals surface area (Å²) in [4.78, 5) is 0. The van der Waals surface area contributed by atoms with Crippen LogP contribution in [0.4, 0.5) is 0 Å². The van der Waals surface area contributed by atoms with Gasteiger partial charge in [-0.15, -0.1) is 0 Å². The third-order valence-electron chi connectivity index (χ3n) is 8.48. The molecule has 2 aliphatic carbocycles. The Morgan fingerprint density at radius 2 is 1.18 bits per heavy atom. The van der Waals surface area contributed by atoms with E-state index in [1.807, 2.05) is 0 Å². The van der Waals surface area contributed by atoms with E-state index in [-0.39, 0.29) is 0 Å². The molecule has 3 aliphatic rings. The Kier molecular flexibility index (Phi) is 3.00. The van der Waals surface area contributed by atoms with Crippen LogP contribution in [0.25, 0.3) is 49.7 Å². The van der Waals surface area contributed by atoms with Crippen molar-refractivity contribution >= 4 is 21.8 Å². The first-order valence-corrected chi connectivity index (χ1v) is 12.3. The number of benzene rings is 5. The van der Waals surface area contributed by atoms with Gasteiger partial charge >= 0.3 is 0 Å². The van der Waals surface area contributed by atoms with Crippen LogP contribution in [0.15, 0.2) is 91.0 Å². The molecule has 0 radical (unpaired) electrons. The molecule has 0 bridgehead atoms. The standard InChI is InChI=1S/C33H21N/c1-3-9-23-20(7-1)17-28-25(23)14-15-30-29(28)18-22-8-5-11-26-27-13-12-21-16-19-6-2-4-10-24(19)31(21)33(27)34(30)32(22)26/h1-15H,16-18H2. The minimum absolute atomic E-state index is 1.01. The van der Waals surface area contributed by atoms with Crippen LogP contribution in [0.5, 0.6) is 0 Å². The maximum atomic E-state index is 2.61. The molecule has 1 aliphatic heterocycles. The zero-order valence-corrected chi connectivity index (χ0v) is 18.7. The monoisotopic (exact) mass is 431 g/mol. The van der Waals surface area contributed by atoms with Crippen LogP contribution in [-0.2, 0) is 19.3 Å². The van der Waals surface area contributed by atoms with Crippen molar-refractivity contribution in [1.29, 1.82) is 0 Å². The summed E-state index contributed by atoms with van der Waals surface area (Å²) in [6, 6.07) is 34.3. The van der Waals surface area contributed by atoms with Crippen LogP contribution in [0.2, 0.25) is 0 Å². The van der Waals surface area contributed by atoms with Gasteiger partial charge in [0.2, 0.25) is 0 Å². The fraction of sp³-hybridized carbons (Fsp3) is 0.0909. The molecule has 0 amide bonds. The lowest BCUT2D eigenvalue weighted by atomic mass is 9.91. The van der Waals surface area contributed by atoms with Gasteiger partial charge in [-0.3, -0.25) is 0 Å². The molecule has 0 fully saturated rings. The highest BCUT2D eigenvalue weighted by atomic mass is 15.0. The van der Waals surface area contributed by atoms with Crippen LogP contribution >= 0.6 is 0 Å². The summed E-state index contributed by atoms with van der Waals surface area (Å²) in [5.74, 6) is 0. The Morgan fingerprint density at radius 3 is 2.09 bits per heavy atom. The van der Waals surface area contributed by atoms with E-state index in [2.05, 4.69) is 95.6 Å². The summed E-state index contributed by atoms with van der Waals surface area (Å²) in [6.07, 6.45) is 3.08. The van der Waals surface area contributed by atoms with E-state index in [9.17, 15) is 0 Å². The molecule has 1 nitrogen and oxygen atoms in total. The fourth-order valence-electron chi connectivity index (χ4n) is 7.08. The summed E-state index contributed by atoms with van der Waals surface area (Å²) < 4.78 is 2.61. The number of aromatic nitrogens is 1. The molecule has 0 atom stereocenters. The average Bonchev–Trinajstić information content (AvgIpc) is 3.55. The van der Waals surface area contributed by atoms with Crippen LogP contribution < -0.4 is 0 Å². The van der Waals surface area contributed by atoms with Crippen molar-refractivity contribution in [2.75, 3.05) is 0 Å². The molecule has 158 valence electrons. The van der Waals surface area contributed by atoms with E-state index in [1.54, 1.807) is 0 Å². The second-order valence-corrected chi connectivity index (χ2v) is 10.1. The van der Waals surface area contributed by atoms with E-state index in [0.717, 1.165) is 19.3 Å². The fourth-order valence-corrected chi connectivity index (χ4v) is 7.08. The van der Waals surface area contributed by atoms with Crippen LogP contribution in [0.3, 0.4) is 0 Å². The largest absolute Gasteiger partial charge is 0.308 e. The van der Waals surface area contributed by atoms with Crippen molar-refractivity contribution < 1.29 is 0 Å². The molecular formula is C33H21N. The van der Waals surface area contributed by atoms with Gasteiger partial charge in [-0.25, -0.2) is 0 Å². The Morgan fingerprint density at radius 1 is 0.441 bits per heavy atom. The summed E-state index contributed by atoms with van der Waals surface area (Å²) in [5.41, 5.74) is 18.7. The maximum absolute atomic E-state index is 2.61. The Labute approximate surface area is 197 Å². The smallest absolute Gasteiger partial charge is 0.0622 e. The lowest BCUT2D eigenvalue weighted by Gasteiger charge is -2.24. The molecule has 0 saturated heterocycles. The molecule has 9 rings (SSSR count). The van der Waals surface area contributed by atoms with E-state index < -0.39 is 0 Å². The van der Waals surface area contributed by atoms with Gasteiger partial charge in [0.05, 0.1) is 16.7 Å². The first-order chi connectivity index (χ1) is 16.9. The summed E-state index contributed by atoms with van der Waals surface area (Å²) in [7, 11) is 0. The first kappa shape index (κ1) is 17.4. The van der Waals surface area contributed by atoms with Crippen molar-refractivity contribution in [3.63, 3.8) is 0 Å². The quantitative estimate of drug-likeness (QED) is 0.231. The minimum Gasteiger partial charge on any atom is -0.308 e. The maximum Gasteiger partial charge on any atom is 0.0622 e. The predicted octanol–water partition coefficient (Wildman–Crippen LogP) is 7.83. The Bertz CT molecular complexity index is 1880. The highest BCUT2D eigenvalue weighted by molar-refractivity contribution is 6.16. The van der Waals surface area contributed by atoms with Crippen LogP contribution in [0.1, 0.15) is 33.4 Å². The molecule has 5 aromatic carbocycles. The number of hydrogen-bond donors (Lipinski definition) is 0. The van der Waals surface area contributed by atoms with E-state index in [0.29, 0.717) is 0 Å². The van der Waals surface area contributed by atoms with Gasteiger partial charge in [-0.2, -0.15) is 0 Å². The average molecular weight is 432 g/mol. The lowest BCUT2D eigenvalue weighted by molar-refractivity contribution is 1.02. The van der Waals surface area contributed by atoms with Crippen molar-refractivity contribution in [3.8, 4) is 27.9 Å². The third-order valence-corrected chi connectivity index (χ3v) is 8.48. The van der Waals surface area contributed by atoms with Gasteiger partial charge in [-0.1, -0.05) is 84.9 Å². The zero-order chi connectivity index (χ0) is 22.0. The van der Waals surface area contributed by atoms with Crippen molar-refractivity contribution in [3.05, 3.63) is 124 Å². The zero-order valence-electron chi connectivity index (χ0n) is 18.7. The number of nitrogens with zero attached hydrogens (tertiary/aromatic N) is 1.